The maximum atomic E-state index is 12.8. The number of rotatable bonds is 6. The lowest BCUT2D eigenvalue weighted by Crippen LogP contribution is -2.40. The minimum atomic E-state index is 0.211. The Labute approximate surface area is 165 Å². The largest absolute Gasteiger partial charge is 0.342 e. The van der Waals surface area contributed by atoms with Crippen LogP contribution in [0.2, 0.25) is 0 Å². The van der Waals surface area contributed by atoms with Crippen molar-refractivity contribution in [3.05, 3.63) is 66.5 Å². The Balaban J connectivity index is 1.39. The van der Waals surface area contributed by atoms with E-state index in [1.807, 2.05) is 47.2 Å². The Kier molecular flexibility index (Phi) is 5.50. The number of amides is 1. The molecule has 0 aliphatic carbocycles. The van der Waals surface area contributed by atoms with Gasteiger partial charge in [-0.15, -0.1) is 0 Å². The molecule has 0 spiro atoms. The summed E-state index contributed by atoms with van der Waals surface area (Å²) in [5.41, 5.74) is 1.15. The number of nitrogens with zero attached hydrogens (tertiary/aromatic N) is 6. The molecule has 1 amide bonds. The smallest absolute Gasteiger partial charge is 0.224 e. The van der Waals surface area contributed by atoms with E-state index in [1.54, 1.807) is 12.4 Å². The second-order valence-electron chi connectivity index (χ2n) is 7.37. The summed E-state index contributed by atoms with van der Waals surface area (Å²) in [4.78, 5) is 27.8. The third-order valence-corrected chi connectivity index (χ3v) is 5.45. The third-order valence-electron chi connectivity index (χ3n) is 5.45. The van der Waals surface area contributed by atoms with E-state index < -0.39 is 0 Å². The van der Waals surface area contributed by atoms with Gasteiger partial charge in [0.2, 0.25) is 5.91 Å². The molecule has 1 aliphatic rings. The molecule has 7 heteroatoms. The number of carbonyl (C=O) groups excluding carboxylic acids is 1. The van der Waals surface area contributed by atoms with Gasteiger partial charge in [-0.3, -0.25) is 9.78 Å². The molecule has 0 aromatic carbocycles. The van der Waals surface area contributed by atoms with Crippen LogP contribution in [0.15, 0.2) is 49.3 Å². The van der Waals surface area contributed by atoms with Crippen molar-refractivity contribution in [3.63, 3.8) is 0 Å². The van der Waals surface area contributed by atoms with Gasteiger partial charge >= 0.3 is 0 Å². The van der Waals surface area contributed by atoms with Crippen LogP contribution in [0.25, 0.3) is 0 Å². The van der Waals surface area contributed by atoms with Gasteiger partial charge in [0.25, 0.3) is 0 Å². The first-order chi connectivity index (χ1) is 13.7. The van der Waals surface area contributed by atoms with Gasteiger partial charge in [0, 0.05) is 69.2 Å². The fraction of sp³-hybridized carbons (Fsp3) is 0.429. The average molecular weight is 378 g/mol. The Morgan fingerprint density at radius 2 is 2.04 bits per heavy atom. The van der Waals surface area contributed by atoms with Crippen LogP contribution in [-0.4, -0.2) is 48.0 Å². The first kappa shape index (κ1) is 18.4. The molecule has 4 heterocycles. The molecule has 28 heavy (non-hydrogen) atoms. The number of aromatic nitrogens is 5. The monoisotopic (exact) mass is 378 g/mol. The highest BCUT2D eigenvalue weighted by Crippen LogP contribution is 2.26. The summed E-state index contributed by atoms with van der Waals surface area (Å²) in [5, 5.41) is 0. The lowest BCUT2D eigenvalue weighted by molar-refractivity contribution is -0.132. The Morgan fingerprint density at radius 1 is 1.18 bits per heavy atom. The van der Waals surface area contributed by atoms with Crippen molar-refractivity contribution in [1.82, 2.24) is 29.0 Å². The molecule has 1 saturated heterocycles. The number of hydrogen-bond acceptors (Lipinski definition) is 4. The van der Waals surface area contributed by atoms with E-state index in [9.17, 15) is 4.79 Å². The normalized spacial score (nSPS) is 17.0. The van der Waals surface area contributed by atoms with E-state index in [0.717, 1.165) is 49.7 Å². The summed E-state index contributed by atoms with van der Waals surface area (Å²) in [6.07, 6.45) is 13.8. The second kappa shape index (κ2) is 8.37. The minimum absolute atomic E-state index is 0.211. The molecule has 0 saturated carbocycles. The summed E-state index contributed by atoms with van der Waals surface area (Å²) in [6, 6.07) is 4.03. The van der Waals surface area contributed by atoms with Crippen molar-refractivity contribution in [3.8, 4) is 0 Å². The van der Waals surface area contributed by atoms with E-state index in [-0.39, 0.29) is 11.8 Å². The van der Waals surface area contributed by atoms with E-state index in [4.69, 9.17) is 0 Å². The zero-order valence-corrected chi connectivity index (χ0v) is 16.2. The first-order valence-corrected chi connectivity index (χ1v) is 9.86. The molecule has 1 aliphatic heterocycles. The summed E-state index contributed by atoms with van der Waals surface area (Å²) in [5.74, 6) is 2.50. The highest BCUT2D eigenvalue weighted by atomic mass is 16.2. The zero-order chi connectivity index (χ0) is 19.3. The predicted octanol–water partition coefficient (Wildman–Crippen LogP) is 2.63. The van der Waals surface area contributed by atoms with Crippen molar-refractivity contribution in [1.29, 1.82) is 0 Å². The molecule has 1 atom stereocenters. The van der Waals surface area contributed by atoms with Crippen LogP contribution >= 0.6 is 0 Å². The molecule has 0 bridgehead atoms. The molecule has 0 unspecified atom stereocenters. The van der Waals surface area contributed by atoms with Gasteiger partial charge in [0.1, 0.15) is 11.6 Å². The van der Waals surface area contributed by atoms with Gasteiger partial charge in [-0.2, -0.15) is 0 Å². The van der Waals surface area contributed by atoms with Gasteiger partial charge in [-0.05, 0) is 31.4 Å². The number of imidazole rings is 2. The van der Waals surface area contributed by atoms with E-state index in [0.29, 0.717) is 13.0 Å². The first-order valence-electron chi connectivity index (χ1n) is 9.86. The van der Waals surface area contributed by atoms with Gasteiger partial charge in [-0.25, -0.2) is 9.97 Å². The summed E-state index contributed by atoms with van der Waals surface area (Å²) < 4.78 is 4.21. The molecule has 0 radical (unpaired) electrons. The lowest BCUT2D eigenvalue weighted by Gasteiger charge is -2.33. The second-order valence-corrected chi connectivity index (χ2v) is 7.37. The molecule has 4 rings (SSSR count). The quantitative estimate of drug-likeness (QED) is 0.661. The Hall–Kier alpha value is -2.96. The fourth-order valence-corrected chi connectivity index (χ4v) is 3.93. The van der Waals surface area contributed by atoms with Crippen LogP contribution in [0.3, 0.4) is 0 Å². The summed E-state index contributed by atoms with van der Waals surface area (Å²) in [7, 11) is 0. The maximum Gasteiger partial charge on any atom is 0.224 e. The van der Waals surface area contributed by atoms with Crippen molar-refractivity contribution >= 4 is 5.91 Å². The van der Waals surface area contributed by atoms with Gasteiger partial charge < -0.3 is 14.0 Å². The van der Waals surface area contributed by atoms with E-state index in [2.05, 4.69) is 25.6 Å². The Bertz CT molecular complexity index is 916. The standard InChI is InChI=1S/C21H26N6O/c1-17-23-8-12-25(17)11-6-20(28)26-10-3-5-19(16-26)21-24-9-13-27(21)15-18-4-2-7-22-14-18/h2,4,7-9,12-14,19H,3,5-6,10-11,15-16H2,1H3/t19-/m1/s1. The van der Waals surface area contributed by atoms with Crippen molar-refractivity contribution in [2.45, 2.75) is 45.2 Å². The molecule has 1 fully saturated rings. The van der Waals surface area contributed by atoms with E-state index >= 15 is 0 Å². The third kappa shape index (κ3) is 4.13. The number of pyridine rings is 1. The number of hydrogen-bond donors (Lipinski definition) is 0. The fourth-order valence-electron chi connectivity index (χ4n) is 3.93. The summed E-state index contributed by atoms with van der Waals surface area (Å²) >= 11 is 0. The number of piperidine rings is 1. The molecule has 7 nitrogen and oxygen atoms in total. The van der Waals surface area contributed by atoms with Crippen LogP contribution in [0.5, 0.6) is 0 Å². The van der Waals surface area contributed by atoms with Crippen LogP contribution in [0.4, 0.5) is 0 Å². The van der Waals surface area contributed by atoms with E-state index in [1.165, 1.54) is 0 Å². The molecule has 146 valence electrons. The Morgan fingerprint density at radius 3 is 2.82 bits per heavy atom. The molecular formula is C21H26N6O. The van der Waals surface area contributed by atoms with Gasteiger partial charge in [0.15, 0.2) is 0 Å². The lowest BCUT2D eigenvalue weighted by atomic mass is 9.96. The number of likely N-dealkylation sites (tertiary alicyclic amines) is 1. The highest BCUT2D eigenvalue weighted by Gasteiger charge is 2.27. The van der Waals surface area contributed by atoms with Crippen molar-refractivity contribution in [2.75, 3.05) is 13.1 Å². The average Bonchev–Trinajstić information content (AvgIpc) is 3.36. The highest BCUT2D eigenvalue weighted by molar-refractivity contribution is 5.76. The van der Waals surface area contributed by atoms with Crippen LogP contribution in [0.1, 0.15) is 42.4 Å². The number of carbonyl (C=O) groups is 1. The maximum absolute atomic E-state index is 12.8. The molecular weight excluding hydrogens is 352 g/mol. The van der Waals surface area contributed by atoms with Crippen LogP contribution in [-0.2, 0) is 17.9 Å². The van der Waals surface area contributed by atoms with Crippen molar-refractivity contribution in [2.24, 2.45) is 0 Å². The minimum Gasteiger partial charge on any atom is -0.342 e. The molecule has 3 aromatic heterocycles. The number of aryl methyl sites for hydroxylation is 2. The van der Waals surface area contributed by atoms with Gasteiger partial charge in [-0.1, -0.05) is 6.07 Å². The van der Waals surface area contributed by atoms with Crippen LogP contribution < -0.4 is 0 Å². The molecule has 3 aromatic rings. The van der Waals surface area contributed by atoms with Crippen LogP contribution in [0, 0.1) is 6.92 Å². The van der Waals surface area contributed by atoms with Gasteiger partial charge in [0.05, 0.1) is 6.54 Å². The predicted molar refractivity (Wildman–Crippen MR) is 106 cm³/mol. The topological polar surface area (TPSA) is 68.8 Å². The summed E-state index contributed by atoms with van der Waals surface area (Å²) in [6.45, 7) is 4.98. The van der Waals surface area contributed by atoms with Crippen molar-refractivity contribution < 1.29 is 4.79 Å². The zero-order valence-electron chi connectivity index (χ0n) is 16.2. The SMILES string of the molecule is Cc1nccn1CCC(=O)N1CCC[C@@H](c2nccn2Cc2cccnc2)C1. The molecule has 0 N–H and O–H groups in total.